The minimum atomic E-state index is -0.557. The van der Waals surface area contributed by atoms with E-state index in [4.69, 9.17) is 0 Å². The maximum atomic E-state index is 13.6. The lowest BCUT2D eigenvalue weighted by molar-refractivity contribution is 0.102. The van der Waals surface area contributed by atoms with Crippen LogP contribution in [0.3, 0.4) is 0 Å². The van der Waals surface area contributed by atoms with E-state index >= 15 is 0 Å². The number of aryl methyl sites for hydroxylation is 1. The SMILES string of the molecule is Cc1nnc(NC(=O)c2c(F)cccc2I)n1C. The summed E-state index contributed by atoms with van der Waals surface area (Å²) in [4.78, 5) is 12.0. The van der Waals surface area contributed by atoms with E-state index in [1.54, 1.807) is 30.7 Å². The van der Waals surface area contributed by atoms with Crippen LogP contribution in [0.2, 0.25) is 0 Å². The second-order valence-corrected chi connectivity index (χ2v) is 4.84. The first-order chi connectivity index (χ1) is 8.50. The number of carbonyl (C=O) groups excluding carboxylic acids is 1. The van der Waals surface area contributed by atoms with Crippen LogP contribution in [0.25, 0.3) is 0 Å². The number of carbonyl (C=O) groups is 1. The van der Waals surface area contributed by atoms with Crippen LogP contribution in [0.15, 0.2) is 18.2 Å². The Labute approximate surface area is 117 Å². The number of anilines is 1. The highest BCUT2D eigenvalue weighted by Crippen LogP contribution is 2.17. The molecule has 2 aromatic rings. The molecule has 18 heavy (non-hydrogen) atoms. The summed E-state index contributed by atoms with van der Waals surface area (Å²) in [5.41, 5.74) is 0.0127. The monoisotopic (exact) mass is 360 g/mol. The summed E-state index contributed by atoms with van der Waals surface area (Å²) in [5.74, 6) is -0.142. The molecule has 0 atom stereocenters. The number of hydrogen-bond acceptors (Lipinski definition) is 3. The van der Waals surface area contributed by atoms with Crippen molar-refractivity contribution in [3.05, 3.63) is 39.0 Å². The van der Waals surface area contributed by atoms with Crippen LogP contribution in [0, 0.1) is 16.3 Å². The van der Waals surface area contributed by atoms with Gasteiger partial charge in [0, 0.05) is 10.6 Å². The van der Waals surface area contributed by atoms with Gasteiger partial charge in [0.05, 0.1) is 5.56 Å². The Kier molecular flexibility index (Phi) is 3.60. The first-order valence-corrected chi connectivity index (χ1v) is 6.20. The third-order valence-corrected chi connectivity index (χ3v) is 3.41. The van der Waals surface area contributed by atoms with Crippen molar-refractivity contribution < 1.29 is 9.18 Å². The van der Waals surface area contributed by atoms with Gasteiger partial charge in [-0.05, 0) is 41.6 Å². The standard InChI is InChI=1S/C11H10FIN4O/c1-6-15-16-11(17(6)2)14-10(18)9-7(12)4-3-5-8(9)13/h3-5H,1-2H3,(H,14,16,18). The van der Waals surface area contributed by atoms with E-state index in [2.05, 4.69) is 15.5 Å². The van der Waals surface area contributed by atoms with Gasteiger partial charge in [-0.1, -0.05) is 6.07 Å². The Balaban J connectivity index is 2.31. The number of halogens is 2. The van der Waals surface area contributed by atoms with Gasteiger partial charge in [0.25, 0.3) is 5.91 Å². The number of aromatic nitrogens is 3. The molecule has 0 fully saturated rings. The van der Waals surface area contributed by atoms with E-state index in [9.17, 15) is 9.18 Å². The summed E-state index contributed by atoms with van der Waals surface area (Å²) >= 11 is 1.91. The molecule has 1 N–H and O–H groups in total. The van der Waals surface area contributed by atoms with Crippen molar-refractivity contribution in [3.63, 3.8) is 0 Å². The zero-order valence-electron chi connectivity index (χ0n) is 9.74. The van der Waals surface area contributed by atoms with Crippen molar-refractivity contribution in [1.29, 1.82) is 0 Å². The molecule has 0 aliphatic rings. The molecule has 1 heterocycles. The van der Waals surface area contributed by atoms with Crippen molar-refractivity contribution >= 4 is 34.4 Å². The molecule has 0 spiro atoms. The Morgan fingerprint density at radius 3 is 2.72 bits per heavy atom. The summed E-state index contributed by atoms with van der Waals surface area (Å²) < 4.78 is 15.8. The van der Waals surface area contributed by atoms with Gasteiger partial charge in [-0.25, -0.2) is 4.39 Å². The molecule has 1 aromatic carbocycles. The van der Waals surface area contributed by atoms with Gasteiger partial charge < -0.3 is 4.57 Å². The highest BCUT2D eigenvalue weighted by molar-refractivity contribution is 14.1. The van der Waals surface area contributed by atoms with E-state index in [0.29, 0.717) is 9.39 Å². The van der Waals surface area contributed by atoms with Gasteiger partial charge in [-0.2, -0.15) is 0 Å². The van der Waals surface area contributed by atoms with Gasteiger partial charge in [0.1, 0.15) is 11.6 Å². The summed E-state index contributed by atoms with van der Waals surface area (Å²) in [6.07, 6.45) is 0. The van der Waals surface area contributed by atoms with E-state index in [1.807, 2.05) is 22.6 Å². The quantitative estimate of drug-likeness (QED) is 0.835. The van der Waals surface area contributed by atoms with Crippen LogP contribution >= 0.6 is 22.6 Å². The van der Waals surface area contributed by atoms with Crippen LogP contribution in [0.5, 0.6) is 0 Å². The average Bonchev–Trinajstić information content (AvgIpc) is 2.61. The number of nitrogens with one attached hydrogen (secondary N) is 1. The summed E-state index contributed by atoms with van der Waals surface area (Å²) in [5, 5.41) is 10.1. The molecule has 1 amide bonds. The van der Waals surface area contributed by atoms with Crippen LogP contribution in [0.1, 0.15) is 16.2 Å². The van der Waals surface area contributed by atoms with Crippen molar-refractivity contribution in [3.8, 4) is 0 Å². The Bertz CT molecular complexity index is 591. The van der Waals surface area contributed by atoms with Crippen LogP contribution in [-0.2, 0) is 7.05 Å². The van der Waals surface area contributed by atoms with Gasteiger partial charge >= 0.3 is 0 Å². The minimum Gasteiger partial charge on any atom is -0.300 e. The zero-order valence-corrected chi connectivity index (χ0v) is 11.9. The predicted octanol–water partition coefficient (Wildman–Crippen LogP) is 2.12. The fraction of sp³-hybridized carbons (Fsp3) is 0.182. The first kappa shape index (κ1) is 12.9. The van der Waals surface area contributed by atoms with Gasteiger partial charge in [-0.15, -0.1) is 10.2 Å². The summed E-state index contributed by atoms with van der Waals surface area (Å²) in [6.45, 7) is 1.76. The maximum absolute atomic E-state index is 13.6. The summed E-state index contributed by atoms with van der Waals surface area (Å²) in [7, 11) is 1.72. The molecule has 0 radical (unpaired) electrons. The topological polar surface area (TPSA) is 59.8 Å². The lowest BCUT2D eigenvalue weighted by Crippen LogP contribution is -2.18. The molecule has 0 aliphatic heterocycles. The molecule has 0 unspecified atom stereocenters. The normalized spacial score (nSPS) is 10.4. The lowest BCUT2D eigenvalue weighted by Gasteiger charge is -2.07. The second-order valence-electron chi connectivity index (χ2n) is 3.68. The molecule has 0 saturated heterocycles. The smallest absolute Gasteiger partial charge is 0.262 e. The molecule has 0 aliphatic carbocycles. The molecule has 0 bridgehead atoms. The van der Waals surface area contributed by atoms with Crippen molar-refractivity contribution in [1.82, 2.24) is 14.8 Å². The van der Waals surface area contributed by atoms with Crippen molar-refractivity contribution in [2.75, 3.05) is 5.32 Å². The Morgan fingerprint density at radius 2 is 2.17 bits per heavy atom. The number of amides is 1. The van der Waals surface area contributed by atoms with Crippen molar-refractivity contribution in [2.24, 2.45) is 7.05 Å². The van der Waals surface area contributed by atoms with E-state index in [0.717, 1.165) is 0 Å². The molecule has 94 valence electrons. The van der Waals surface area contributed by atoms with Crippen molar-refractivity contribution in [2.45, 2.75) is 6.92 Å². The highest BCUT2D eigenvalue weighted by Gasteiger charge is 2.17. The Hall–Kier alpha value is -1.51. The fourth-order valence-electron chi connectivity index (χ4n) is 1.39. The average molecular weight is 360 g/mol. The molecule has 5 nitrogen and oxygen atoms in total. The van der Waals surface area contributed by atoms with Crippen LogP contribution in [-0.4, -0.2) is 20.7 Å². The number of hydrogen-bond donors (Lipinski definition) is 1. The molecule has 2 rings (SSSR count). The second kappa shape index (κ2) is 5.01. The highest BCUT2D eigenvalue weighted by atomic mass is 127. The predicted molar refractivity (Wildman–Crippen MR) is 72.8 cm³/mol. The van der Waals surface area contributed by atoms with Gasteiger partial charge in [0.2, 0.25) is 5.95 Å². The van der Waals surface area contributed by atoms with Crippen LogP contribution < -0.4 is 5.32 Å². The van der Waals surface area contributed by atoms with Gasteiger partial charge in [0.15, 0.2) is 0 Å². The molecule has 1 aromatic heterocycles. The zero-order chi connectivity index (χ0) is 13.3. The lowest BCUT2D eigenvalue weighted by atomic mass is 10.2. The fourth-order valence-corrected chi connectivity index (χ4v) is 2.10. The molecule has 0 saturated carbocycles. The molecule has 7 heteroatoms. The number of rotatable bonds is 2. The first-order valence-electron chi connectivity index (χ1n) is 5.12. The van der Waals surface area contributed by atoms with E-state index in [-0.39, 0.29) is 11.5 Å². The Morgan fingerprint density at radius 1 is 1.44 bits per heavy atom. The van der Waals surface area contributed by atoms with Crippen LogP contribution in [0.4, 0.5) is 10.3 Å². The van der Waals surface area contributed by atoms with E-state index < -0.39 is 11.7 Å². The largest absolute Gasteiger partial charge is 0.300 e. The third-order valence-electron chi connectivity index (χ3n) is 2.51. The number of nitrogens with zero attached hydrogens (tertiary/aromatic N) is 3. The van der Waals surface area contributed by atoms with Gasteiger partial charge in [-0.3, -0.25) is 10.1 Å². The number of benzene rings is 1. The maximum Gasteiger partial charge on any atom is 0.262 e. The summed E-state index contributed by atoms with van der Waals surface area (Å²) in [6, 6.07) is 4.47. The molecular formula is C11H10FIN4O. The molecular weight excluding hydrogens is 350 g/mol. The third kappa shape index (κ3) is 2.35. The van der Waals surface area contributed by atoms with E-state index in [1.165, 1.54) is 6.07 Å². The minimum absolute atomic E-state index is 0.0127.